The van der Waals surface area contributed by atoms with Gasteiger partial charge in [-0.15, -0.1) is 0 Å². The average molecular weight is 479 g/mol. The smallest absolute Gasteiger partial charge is 0.303 e. The molecule has 0 unspecified atom stereocenters. The van der Waals surface area contributed by atoms with Crippen LogP contribution in [-0.4, -0.2) is 67.7 Å². The molecule has 0 aromatic rings. The molecule has 1 rings (SSSR count). The molecule has 0 aromatic carbocycles. The van der Waals surface area contributed by atoms with E-state index in [-0.39, 0.29) is 25.7 Å². The van der Waals surface area contributed by atoms with Gasteiger partial charge in [-0.3, -0.25) is 19.2 Å². The second-order valence-electron chi connectivity index (χ2n) is 8.30. The summed E-state index contributed by atoms with van der Waals surface area (Å²) in [7, 11) is 0. The van der Waals surface area contributed by atoms with E-state index in [0.717, 1.165) is 44.9 Å². The van der Waals surface area contributed by atoms with Gasteiger partial charge in [-0.25, -0.2) is 0 Å². The average Bonchev–Trinajstić information content (AvgIpc) is 2.76. The number of carbonyl (C=O) groups is 4. The van der Waals surface area contributed by atoms with Gasteiger partial charge in [0.15, 0.2) is 0 Å². The number of aliphatic hydroxyl groups excluding tert-OH is 2. The van der Waals surface area contributed by atoms with Gasteiger partial charge in [0.25, 0.3) is 0 Å². The largest absolute Gasteiger partial charge is 0.481 e. The Kier molecular flexibility index (Phi) is 23.0. The number of rotatable bonds is 15. The van der Waals surface area contributed by atoms with Crippen LogP contribution in [0, 0.1) is 11.8 Å². The number of aliphatic hydroxyl groups is 2. The molecule has 0 aromatic heterocycles. The van der Waals surface area contributed by atoms with Gasteiger partial charge in [0.05, 0.1) is 0 Å². The number of carboxylic acid groups (broad SMARTS) is 4. The van der Waals surface area contributed by atoms with Crippen LogP contribution in [0.3, 0.4) is 0 Å². The summed E-state index contributed by atoms with van der Waals surface area (Å²) in [6.07, 6.45) is 9.94. The Balaban J connectivity index is 0. The molecule has 0 heterocycles. The van der Waals surface area contributed by atoms with Gasteiger partial charge in [0, 0.05) is 38.9 Å². The molecule has 6 N–H and O–H groups in total. The van der Waals surface area contributed by atoms with E-state index in [1.807, 2.05) is 0 Å². The van der Waals surface area contributed by atoms with Gasteiger partial charge in [0.2, 0.25) is 0 Å². The summed E-state index contributed by atoms with van der Waals surface area (Å²) in [4.78, 5) is 40.0. The fourth-order valence-electron chi connectivity index (χ4n) is 3.23. The summed E-state index contributed by atoms with van der Waals surface area (Å²) in [6, 6.07) is 0. The lowest BCUT2D eigenvalue weighted by Crippen LogP contribution is -2.19. The Morgan fingerprint density at radius 1 is 0.455 bits per heavy atom. The zero-order valence-electron chi connectivity index (χ0n) is 19.5. The second kappa shape index (κ2) is 23.0. The molecule has 1 saturated carbocycles. The van der Waals surface area contributed by atoms with Crippen LogP contribution in [0.2, 0.25) is 0 Å². The van der Waals surface area contributed by atoms with Crippen LogP contribution in [-0.2, 0) is 19.2 Å². The van der Waals surface area contributed by atoms with Crippen LogP contribution in [0.5, 0.6) is 0 Å². The molecule has 0 aliphatic heterocycles. The van der Waals surface area contributed by atoms with Gasteiger partial charge >= 0.3 is 23.9 Å². The normalized spacial score (nSPS) is 17.0. The maximum absolute atomic E-state index is 10.1. The SMILES string of the molecule is O=C(O)CCCCC(=O)O.O=C(O)CCCCCCCC(=O)O.OCC1CCC(CO)CC1. The van der Waals surface area contributed by atoms with E-state index in [0.29, 0.717) is 50.7 Å². The van der Waals surface area contributed by atoms with Crippen LogP contribution in [0.4, 0.5) is 0 Å². The molecule has 0 saturated heterocycles. The summed E-state index contributed by atoms with van der Waals surface area (Å²) in [6.45, 7) is 0.663. The van der Waals surface area contributed by atoms with Crippen molar-refractivity contribution < 1.29 is 49.8 Å². The van der Waals surface area contributed by atoms with E-state index in [4.69, 9.17) is 30.6 Å². The molecule has 0 radical (unpaired) electrons. The minimum Gasteiger partial charge on any atom is -0.481 e. The van der Waals surface area contributed by atoms with Crippen molar-refractivity contribution >= 4 is 23.9 Å². The zero-order valence-corrected chi connectivity index (χ0v) is 19.5. The van der Waals surface area contributed by atoms with E-state index < -0.39 is 23.9 Å². The highest BCUT2D eigenvalue weighted by Crippen LogP contribution is 2.27. The van der Waals surface area contributed by atoms with Crippen LogP contribution in [0.1, 0.15) is 96.3 Å². The third-order valence-electron chi connectivity index (χ3n) is 5.30. The number of hydrogen-bond acceptors (Lipinski definition) is 6. The van der Waals surface area contributed by atoms with Crippen molar-refractivity contribution in [3.8, 4) is 0 Å². The molecule has 10 nitrogen and oxygen atoms in total. The van der Waals surface area contributed by atoms with Crippen LogP contribution < -0.4 is 0 Å². The van der Waals surface area contributed by atoms with Gasteiger partial charge in [-0.05, 0) is 63.2 Å². The molecular formula is C23H42O10. The Labute approximate surface area is 195 Å². The second-order valence-corrected chi connectivity index (χ2v) is 8.30. The summed E-state index contributed by atoms with van der Waals surface area (Å²) in [5.41, 5.74) is 0. The lowest BCUT2D eigenvalue weighted by molar-refractivity contribution is -0.139. The standard InChI is InChI=1S/C9H16O4.C8H16O2.C6H10O4/c10-8(11)6-4-2-1-3-5-7-9(12)13;9-5-7-1-2-8(6-10)4-3-7;7-5(8)3-1-2-4-6(9)10/h1-7H2,(H,10,11)(H,12,13);7-10H,1-6H2;1-4H2,(H,7,8)(H,9,10). The van der Waals surface area contributed by atoms with Crippen molar-refractivity contribution in [1.29, 1.82) is 0 Å². The predicted octanol–water partition coefficient (Wildman–Crippen LogP) is 3.38. The topological polar surface area (TPSA) is 190 Å². The first kappa shape index (κ1) is 33.0. The molecule has 1 aliphatic rings. The Morgan fingerprint density at radius 3 is 0.879 bits per heavy atom. The Bertz CT molecular complexity index is 481. The van der Waals surface area contributed by atoms with Crippen molar-refractivity contribution in [2.75, 3.05) is 13.2 Å². The molecule has 1 fully saturated rings. The highest BCUT2D eigenvalue weighted by Gasteiger charge is 2.19. The predicted molar refractivity (Wildman–Crippen MR) is 121 cm³/mol. The quantitative estimate of drug-likeness (QED) is 0.190. The number of aliphatic carboxylic acids is 4. The van der Waals surface area contributed by atoms with E-state index in [1.165, 1.54) is 0 Å². The molecule has 0 spiro atoms. The first-order valence-corrected chi connectivity index (χ1v) is 11.7. The third-order valence-corrected chi connectivity index (χ3v) is 5.30. The van der Waals surface area contributed by atoms with E-state index in [1.54, 1.807) is 0 Å². The molecule has 33 heavy (non-hydrogen) atoms. The summed E-state index contributed by atoms with van der Waals surface area (Å²) in [5, 5.41) is 50.5. The van der Waals surface area contributed by atoms with Crippen molar-refractivity contribution in [3.63, 3.8) is 0 Å². The summed E-state index contributed by atoms with van der Waals surface area (Å²) >= 11 is 0. The van der Waals surface area contributed by atoms with E-state index >= 15 is 0 Å². The summed E-state index contributed by atoms with van der Waals surface area (Å²) in [5.74, 6) is -2.22. The van der Waals surface area contributed by atoms with Crippen molar-refractivity contribution in [2.24, 2.45) is 11.8 Å². The Morgan fingerprint density at radius 2 is 0.667 bits per heavy atom. The van der Waals surface area contributed by atoms with Crippen molar-refractivity contribution in [3.05, 3.63) is 0 Å². The van der Waals surface area contributed by atoms with Crippen LogP contribution in [0.25, 0.3) is 0 Å². The highest BCUT2D eigenvalue weighted by atomic mass is 16.4. The molecular weight excluding hydrogens is 436 g/mol. The molecule has 0 amide bonds. The fourth-order valence-corrected chi connectivity index (χ4v) is 3.23. The van der Waals surface area contributed by atoms with Crippen molar-refractivity contribution in [2.45, 2.75) is 96.3 Å². The highest BCUT2D eigenvalue weighted by molar-refractivity contribution is 5.68. The van der Waals surface area contributed by atoms with Gasteiger partial charge in [-0.1, -0.05) is 19.3 Å². The van der Waals surface area contributed by atoms with E-state index in [2.05, 4.69) is 0 Å². The fraction of sp³-hybridized carbons (Fsp3) is 0.826. The number of unbranched alkanes of at least 4 members (excludes halogenated alkanes) is 5. The van der Waals surface area contributed by atoms with E-state index in [9.17, 15) is 19.2 Å². The van der Waals surface area contributed by atoms with Crippen molar-refractivity contribution in [1.82, 2.24) is 0 Å². The molecule has 10 heteroatoms. The Hall–Kier alpha value is -2.20. The number of hydrogen-bond donors (Lipinski definition) is 6. The molecule has 1 aliphatic carbocycles. The van der Waals surface area contributed by atoms with Crippen LogP contribution >= 0.6 is 0 Å². The monoisotopic (exact) mass is 478 g/mol. The zero-order chi connectivity index (χ0) is 25.5. The van der Waals surface area contributed by atoms with Gasteiger partial charge < -0.3 is 30.6 Å². The molecule has 0 atom stereocenters. The summed E-state index contributed by atoms with van der Waals surface area (Å²) < 4.78 is 0. The molecule has 0 bridgehead atoms. The lowest BCUT2D eigenvalue weighted by atomic mass is 9.83. The molecule has 194 valence electrons. The third kappa shape index (κ3) is 27.8. The lowest BCUT2D eigenvalue weighted by Gasteiger charge is -2.25. The minimum absolute atomic E-state index is 0.0628. The maximum Gasteiger partial charge on any atom is 0.303 e. The van der Waals surface area contributed by atoms with Gasteiger partial charge in [-0.2, -0.15) is 0 Å². The number of carboxylic acids is 4. The minimum atomic E-state index is -0.870. The first-order valence-electron chi connectivity index (χ1n) is 11.7. The van der Waals surface area contributed by atoms with Crippen LogP contribution in [0.15, 0.2) is 0 Å². The first-order chi connectivity index (χ1) is 15.6. The van der Waals surface area contributed by atoms with Gasteiger partial charge in [0.1, 0.15) is 0 Å². The maximum atomic E-state index is 10.1.